The van der Waals surface area contributed by atoms with Crippen LogP contribution in [0.25, 0.3) is 5.52 Å². The highest BCUT2D eigenvalue weighted by Crippen LogP contribution is 2.24. The molecule has 0 radical (unpaired) electrons. The van der Waals surface area contributed by atoms with Crippen molar-refractivity contribution < 1.29 is 4.79 Å². The van der Waals surface area contributed by atoms with Gasteiger partial charge in [0, 0.05) is 28.2 Å². The fourth-order valence-corrected chi connectivity index (χ4v) is 3.66. The van der Waals surface area contributed by atoms with Crippen LogP contribution in [0.5, 0.6) is 0 Å². The first-order chi connectivity index (χ1) is 11.1. The average Bonchev–Trinajstić information content (AvgIpc) is 2.96. The maximum atomic E-state index is 12.8. The first-order valence-corrected chi connectivity index (χ1v) is 8.90. The van der Waals surface area contributed by atoms with Crippen molar-refractivity contribution >= 4 is 43.3 Å². The van der Waals surface area contributed by atoms with Crippen LogP contribution in [0, 0.1) is 0 Å². The molecule has 3 heterocycles. The Morgan fingerprint density at radius 3 is 2.74 bits per heavy atom. The third kappa shape index (κ3) is 2.81. The van der Waals surface area contributed by atoms with Crippen LogP contribution in [0.1, 0.15) is 21.6 Å². The largest absolute Gasteiger partial charge is 0.333 e. The van der Waals surface area contributed by atoms with E-state index in [4.69, 9.17) is 0 Å². The predicted octanol–water partition coefficient (Wildman–Crippen LogP) is 4.06. The van der Waals surface area contributed by atoms with Gasteiger partial charge in [-0.1, -0.05) is 22.0 Å². The summed E-state index contributed by atoms with van der Waals surface area (Å²) in [5, 5.41) is 4.41. The Kier molecular flexibility index (Phi) is 3.73. The monoisotopic (exact) mass is 433 g/mol. The molecule has 0 spiro atoms. The summed E-state index contributed by atoms with van der Waals surface area (Å²) in [6.07, 6.45) is 2.73. The summed E-state index contributed by atoms with van der Waals surface area (Å²) in [7, 11) is 0. The zero-order valence-electron chi connectivity index (χ0n) is 12.2. The fourth-order valence-electron chi connectivity index (χ4n) is 2.92. The van der Waals surface area contributed by atoms with Crippen molar-refractivity contribution in [2.45, 2.75) is 13.0 Å². The van der Waals surface area contributed by atoms with Crippen molar-refractivity contribution in [1.82, 2.24) is 14.5 Å². The van der Waals surface area contributed by atoms with E-state index in [9.17, 15) is 4.79 Å². The van der Waals surface area contributed by atoms with Crippen LogP contribution >= 0.6 is 31.9 Å². The van der Waals surface area contributed by atoms with Crippen molar-refractivity contribution in [3.63, 3.8) is 0 Å². The lowest BCUT2D eigenvalue weighted by Gasteiger charge is -2.28. The minimum absolute atomic E-state index is 0.0154. The summed E-state index contributed by atoms with van der Waals surface area (Å²) in [5.74, 6) is -0.0154. The van der Waals surface area contributed by atoms with E-state index in [2.05, 4.69) is 49.1 Å². The van der Waals surface area contributed by atoms with Crippen LogP contribution in [-0.2, 0) is 13.0 Å². The van der Waals surface area contributed by atoms with Gasteiger partial charge in [-0.2, -0.15) is 5.10 Å². The number of carbonyl (C=O) groups is 1. The van der Waals surface area contributed by atoms with E-state index < -0.39 is 0 Å². The van der Waals surface area contributed by atoms with Gasteiger partial charge in [-0.15, -0.1) is 0 Å². The van der Waals surface area contributed by atoms with Gasteiger partial charge in [0.25, 0.3) is 5.91 Å². The molecule has 1 aliphatic rings. The summed E-state index contributed by atoms with van der Waals surface area (Å²) in [5.41, 5.74) is 3.92. The molecule has 0 N–H and O–H groups in total. The molecular formula is C17H13Br2N3O. The molecule has 23 heavy (non-hydrogen) atoms. The maximum absolute atomic E-state index is 12.8. The van der Waals surface area contributed by atoms with Gasteiger partial charge in [-0.3, -0.25) is 4.79 Å². The first kappa shape index (κ1) is 14.9. The summed E-state index contributed by atoms with van der Waals surface area (Å²) < 4.78 is 3.75. The van der Waals surface area contributed by atoms with Crippen molar-refractivity contribution in [3.05, 3.63) is 68.4 Å². The number of hydrogen-bond donors (Lipinski definition) is 0. The molecule has 116 valence electrons. The summed E-state index contributed by atoms with van der Waals surface area (Å²) >= 11 is 6.92. The van der Waals surface area contributed by atoms with Crippen molar-refractivity contribution in [3.8, 4) is 0 Å². The number of hydrogen-bond acceptors (Lipinski definition) is 2. The number of benzene rings is 1. The summed E-state index contributed by atoms with van der Waals surface area (Å²) in [4.78, 5) is 14.6. The zero-order chi connectivity index (χ0) is 16.0. The van der Waals surface area contributed by atoms with Gasteiger partial charge in [0.2, 0.25) is 0 Å². The second-order valence-corrected chi connectivity index (χ2v) is 7.47. The molecule has 0 bridgehead atoms. The number of rotatable bonds is 1. The molecule has 6 heteroatoms. The van der Waals surface area contributed by atoms with Gasteiger partial charge in [0.15, 0.2) is 5.69 Å². The zero-order valence-corrected chi connectivity index (χ0v) is 15.3. The van der Waals surface area contributed by atoms with E-state index in [1.54, 1.807) is 4.52 Å². The van der Waals surface area contributed by atoms with Crippen molar-refractivity contribution in [2.75, 3.05) is 6.54 Å². The Bertz CT molecular complexity index is 919. The SMILES string of the molecule is O=C(c1cc2ccc(Br)cn2n1)N1CCc2cc(Br)ccc2C1. The highest BCUT2D eigenvalue weighted by molar-refractivity contribution is 9.10. The van der Waals surface area contributed by atoms with Crippen LogP contribution in [0.3, 0.4) is 0 Å². The van der Waals surface area contributed by atoms with Gasteiger partial charge in [0.1, 0.15) is 0 Å². The number of pyridine rings is 1. The van der Waals surface area contributed by atoms with Gasteiger partial charge in [-0.05, 0) is 63.8 Å². The molecule has 0 saturated heterocycles. The van der Waals surface area contributed by atoms with Crippen molar-refractivity contribution in [1.29, 1.82) is 0 Å². The number of halogens is 2. The highest BCUT2D eigenvalue weighted by Gasteiger charge is 2.23. The lowest BCUT2D eigenvalue weighted by molar-refractivity contribution is 0.0728. The van der Waals surface area contributed by atoms with E-state index in [1.807, 2.05) is 35.4 Å². The fraction of sp³-hybridized carbons (Fsp3) is 0.176. The second-order valence-electron chi connectivity index (χ2n) is 5.64. The van der Waals surface area contributed by atoms with Crippen LogP contribution in [0.2, 0.25) is 0 Å². The quantitative estimate of drug-likeness (QED) is 0.579. The Morgan fingerprint density at radius 2 is 1.87 bits per heavy atom. The Morgan fingerprint density at radius 1 is 1.04 bits per heavy atom. The molecule has 1 aliphatic heterocycles. The van der Waals surface area contributed by atoms with E-state index in [-0.39, 0.29) is 5.91 Å². The van der Waals surface area contributed by atoms with Crippen LogP contribution in [0.15, 0.2) is 51.5 Å². The van der Waals surface area contributed by atoms with E-state index in [0.717, 1.165) is 27.4 Å². The molecule has 0 aliphatic carbocycles. The van der Waals surface area contributed by atoms with E-state index in [0.29, 0.717) is 12.2 Å². The first-order valence-electron chi connectivity index (χ1n) is 7.32. The van der Waals surface area contributed by atoms with Crippen LogP contribution < -0.4 is 0 Å². The van der Waals surface area contributed by atoms with Gasteiger partial charge < -0.3 is 4.90 Å². The number of carbonyl (C=O) groups excluding carboxylic acids is 1. The maximum Gasteiger partial charge on any atom is 0.274 e. The topological polar surface area (TPSA) is 37.6 Å². The molecular weight excluding hydrogens is 422 g/mol. The predicted molar refractivity (Wildman–Crippen MR) is 95.5 cm³/mol. The van der Waals surface area contributed by atoms with Gasteiger partial charge in [-0.25, -0.2) is 4.52 Å². The molecule has 4 rings (SSSR count). The number of amides is 1. The van der Waals surface area contributed by atoms with Crippen LogP contribution in [-0.4, -0.2) is 27.0 Å². The molecule has 3 aromatic rings. The molecule has 2 aromatic heterocycles. The molecule has 0 atom stereocenters. The van der Waals surface area contributed by atoms with Crippen molar-refractivity contribution in [2.24, 2.45) is 0 Å². The third-order valence-electron chi connectivity index (χ3n) is 4.11. The molecule has 1 aromatic carbocycles. The Hall–Kier alpha value is -1.66. The standard InChI is InChI=1S/C17H13Br2N3O/c18-13-2-1-12-9-21(6-5-11(12)7-13)17(23)16-8-15-4-3-14(19)10-22(15)20-16/h1-4,7-8,10H,5-6,9H2. The lowest BCUT2D eigenvalue weighted by Crippen LogP contribution is -2.36. The molecule has 0 saturated carbocycles. The van der Waals surface area contributed by atoms with Gasteiger partial charge in [0.05, 0.1) is 5.52 Å². The van der Waals surface area contributed by atoms with E-state index in [1.165, 1.54) is 11.1 Å². The van der Waals surface area contributed by atoms with E-state index >= 15 is 0 Å². The molecule has 0 fully saturated rings. The summed E-state index contributed by atoms with van der Waals surface area (Å²) in [6.45, 7) is 1.36. The second kappa shape index (κ2) is 5.76. The minimum Gasteiger partial charge on any atom is -0.333 e. The highest BCUT2D eigenvalue weighted by atomic mass is 79.9. The normalized spacial score (nSPS) is 14.1. The Labute approximate surface area is 150 Å². The van der Waals surface area contributed by atoms with Gasteiger partial charge >= 0.3 is 0 Å². The summed E-state index contributed by atoms with van der Waals surface area (Å²) in [6, 6.07) is 12.0. The average molecular weight is 435 g/mol. The molecule has 4 nitrogen and oxygen atoms in total. The Balaban J connectivity index is 1.62. The third-order valence-corrected chi connectivity index (χ3v) is 5.07. The van der Waals surface area contributed by atoms with Crippen LogP contribution in [0.4, 0.5) is 0 Å². The molecule has 0 unspecified atom stereocenters. The minimum atomic E-state index is -0.0154. The number of fused-ring (bicyclic) bond motifs is 2. The number of aromatic nitrogens is 2. The molecule has 1 amide bonds. The lowest BCUT2D eigenvalue weighted by atomic mass is 10.00. The smallest absolute Gasteiger partial charge is 0.274 e. The number of nitrogens with zero attached hydrogens (tertiary/aromatic N) is 3.